The van der Waals surface area contributed by atoms with Crippen molar-refractivity contribution in [3.8, 4) is 0 Å². The molecule has 0 heterocycles. The van der Waals surface area contributed by atoms with Crippen LogP contribution in [0.1, 0.15) is 26.3 Å². The quantitative estimate of drug-likeness (QED) is 0.820. The van der Waals surface area contributed by atoms with Crippen molar-refractivity contribution >= 4 is 28.4 Å². The molecule has 2 aromatic rings. The Kier molecular flexibility index (Phi) is 5.91. The number of carbonyl (C=O) groups excluding carboxylic acids is 3. The Balaban J connectivity index is 1.84. The molecule has 0 fully saturated rings. The molecule has 0 aliphatic rings. The monoisotopic (exact) mass is 341 g/mol. The lowest BCUT2D eigenvalue weighted by molar-refractivity contribution is -0.149. The molecule has 0 aromatic heterocycles. The number of benzene rings is 2. The number of ketones is 1. The summed E-state index contributed by atoms with van der Waals surface area (Å²) in [7, 11) is 0. The molecule has 5 nitrogen and oxygen atoms in total. The standard InChI is InChI=1S/C20H23NO4/c1-20(2,3)17(22)13-25-19(24)12-21-18(23)11-15-9-6-8-14-7-4-5-10-16(14)15/h4-10H,11-13H2,1-3H3,(H,21,23). The van der Waals surface area contributed by atoms with E-state index in [4.69, 9.17) is 4.74 Å². The van der Waals surface area contributed by atoms with Crippen molar-refractivity contribution in [2.24, 2.45) is 5.41 Å². The molecule has 2 rings (SSSR count). The summed E-state index contributed by atoms with van der Waals surface area (Å²) in [5.41, 5.74) is 0.338. The lowest BCUT2D eigenvalue weighted by Gasteiger charge is -2.16. The second kappa shape index (κ2) is 7.92. The third-order valence-electron chi connectivity index (χ3n) is 3.86. The fourth-order valence-corrected chi connectivity index (χ4v) is 2.27. The van der Waals surface area contributed by atoms with Gasteiger partial charge in [-0.15, -0.1) is 0 Å². The average molecular weight is 341 g/mol. The van der Waals surface area contributed by atoms with Crippen LogP contribution in [0, 0.1) is 5.41 Å². The number of nitrogens with one attached hydrogen (secondary N) is 1. The molecule has 1 amide bonds. The molecule has 0 atom stereocenters. The molecule has 5 heteroatoms. The highest BCUT2D eigenvalue weighted by atomic mass is 16.5. The maximum absolute atomic E-state index is 12.1. The van der Waals surface area contributed by atoms with E-state index in [0.29, 0.717) is 0 Å². The van der Waals surface area contributed by atoms with Gasteiger partial charge in [-0.2, -0.15) is 0 Å². The van der Waals surface area contributed by atoms with E-state index in [-0.39, 0.29) is 31.3 Å². The second-order valence-corrected chi connectivity index (χ2v) is 6.93. The van der Waals surface area contributed by atoms with Crippen molar-refractivity contribution < 1.29 is 19.1 Å². The Bertz CT molecular complexity index is 784. The van der Waals surface area contributed by atoms with Crippen LogP contribution in [0.3, 0.4) is 0 Å². The van der Waals surface area contributed by atoms with Crippen LogP contribution in [0.2, 0.25) is 0 Å². The Hall–Kier alpha value is -2.69. The van der Waals surface area contributed by atoms with E-state index < -0.39 is 11.4 Å². The highest BCUT2D eigenvalue weighted by Crippen LogP contribution is 2.18. The van der Waals surface area contributed by atoms with E-state index in [9.17, 15) is 14.4 Å². The lowest BCUT2D eigenvalue weighted by Crippen LogP contribution is -2.34. The number of rotatable bonds is 6. The molecular weight excluding hydrogens is 318 g/mol. The Labute approximate surface area is 147 Å². The highest BCUT2D eigenvalue weighted by molar-refractivity contribution is 5.91. The van der Waals surface area contributed by atoms with Gasteiger partial charge in [-0.25, -0.2) is 0 Å². The van der Waals surface area contributed by atoms with Gasteiger partial charge in [-0.05, 0) is 16.3 Å². The van der Waals surface area contributed by atoms with Crippen molar-refractivity contribution in [3.05, 3.63) is 48.0 Å². The number of Topliss-reactive ketones (excluding diaryl/α,β-unsaturated/α-hetero) is 1. The Morgan fingerprint density at radius 3 is 2.40 bits per heavy atom. The van der Waals surface area contributed by atoms with Crippen LogP contribution in [-0.4, -0.2) is 30.8 Å². The van der Waals surface area contributed by atoms with Gasteiger partial charge in [-0.3, -0.25) is 14.4 Å². The van der Waals surface area contributed by atoms with Crippen LogP contribution in [-0.2, 0) is 25.5 Å². The number of carbonyl (C=O) groups is 3. The van der Waals surface area contributed by atoms with Gasteiger partial charge >= 0.3 is 5.97 Å². The minimum Gasteiger partial charge on any atom is -0.456 e. The lowest BCUT2D eigenvalue weighted by atomic mass is 9.91. The molecule has 0 bridgehead atoms. The van der Waals surface area contributed by atoms with Crippen LogP contribution in [0.25, 0.3) is 10.8 Å². The summed E-state index contributed by atoms with van der Waals surface area (Å²) in [6.07, 6.45) is 0.176. The molecule has 132 valence electrons. The fourth-order valence-electron chi connectivity index (χ4n) is 2.27. The van der Waals surface area contributed by atoms with Crippen LogP contribution in [0.15, 0.2) is 42.5 Å². The molecule has 1 N–H and O–H groups in total. The molecule has 0 spiro atoms. The first kappa shape index (κ1) is 18.6. The third-order valence-corrected chi connectivity index (χ3v) is 3.86. The van der Waals surface area contributed by atoms with Gasteiger partial charge < -0.3 is 10.1 Å². The van der Waals surface area contributed by atoms with Crippen molar-refractivity contribution in [3.63, 3.8) is 0 Å². The summed E-state index contributed by atoms with van der Waals surface area (Å²) < 4.78 is 4.90. The number of fused-ring (bicyclic) bond motifs is 1. The fraction of sp³-hybridized carbons (Fsp3) is 0.350. The number of esters is 1. The maximum atomic E-state index is 12.1. The first-order valence-electron chi connectivity index (χ1n) is 8.19. The number of hydrogen-bond acceptors (Lipinski definition) is 4. The van der Waals surface area contributed by atoms with Crippen molar-refractivity contribution in [2.75, 3.05) is 13.2 Å². The molecule has 0 aliphatic heterocycles. The van der Waals surface area contributed by atoms with Gasteiger partial charge in [0.1, 0.15) is 6.54 Å². The van der Waals surface area contributed by atoms with E-state index in [1.807, 2.05) is 42.5 Å². The van der Waals surface area contributed by atoms with Crippen molar-refractivity contribution in [1.29, 1.82) is 0 Å². The third kappa shape index (κ3) is 5.41. The minimum atomic E-state index is -0.621. The maximum Gasteiger partial charge on any atom is 0.325 e. The van der Waals surface area contributed by atoms with E-state index in [0.717, 1.165) is 16.3 Å². The normalized spacial score (nSPS) is 11.2. The van der Waals surface area contributed by atoms with Crippen LogP contribution < -0.4 is 5.32 Å². The SMILES string of the molecule is CC(C)(C)C(=O)COC(=O)CNC(=O)Cc1cccc2ccccc12. The predicted molar refractivity (Wildman–Crippen MR) is 96.1 cm³/mol. The van der Waals surface area contributed by atoms with Gasteiger partial charge in [0.15, 0.2) is 12.4 Å². The molecule has 0 unspecified atom stereocenters. The number of ether oxygens (including phenoxy) is 1. The molecule has 2 aromatic carbocycles. The second-order valence-electron chi connectivity index (χ2n) is 6.93. The molecule has 25 heavy (non-hydrogen) atoms. The van der Waals surface area contributed by atoms with Crippen LogP contribution in [0.5, 0.6) is 0 Å². The van der Waals surface area contributed by atoms with E-state index >= 15 is 0 Å². The summed E-state index contributed by atoms with van der Waals surface area (Å²) in [6, 6.07) is 13.6. The molecule has 0 aliphatic carbocycles. The zero-order valence-corrected chi connectivity index (χ0v) is 14.8. The van der Waals surface area contributed by atoms with E-state index in [1.54, 1.807) is 20.8 Å². The Morgan fingerprint density at radius 1 is 1.00 bits per heavy atom. The van der Waals surface area contributed by atoms with Crippen molar-refractivity contribution in [1.82, 2.24) is 5.32 Å². The van der Waals surface area contributed by atoms with E-state index in [1.165, 1.54) is 0 Å². The highest BCUT2D eigenvalue weighted by Gasteiger charge is 2.22. The van der Waals surface area contributed by atoms with E-state index in [2.05, 4.69) is 5.32 Å². The Morgan fingerprint density at radius 2 is 1.68 bits per heavy atom. The van der Waals surface area contributed by atoms with Gasteiger partial charge in [0.05, 0.1) is 6.42 Å². The minimum absolute atomic E-state index is 0.164. The molecule has 0 saturated carbocycles. The van der Waals surface area contributed by atoms with Crippen LogP contribution >= 0.6 is 0 Å². The van der Waals surface area contributed by atoms with Gasteiger partial charge in [0.2, 0.25) is 5.91 Å². The number of hydrogen-bond donors (Lipinski definition) is 1. The van der Waals surface area contributed by atoms with Gasteiger partial charge in [0.25, 0.3) is 0 Å². The van der Waals surface area contributed by atoms with Crippen molar-refractivity contribution in [2.45, 2.75) is 27.2 Å². The molecule has 0 saturated heterocycles. The van der Waals surface area contributed by atoms with Gasteiger partial charge in [-0.1, -0.05) is 63.2 Å². The average Bonchev–Trinajstić information content (AvgIpc) is 2.57. The summed E-state index contributed by atoms with van der Waals surface area (Å²) >= 11 is 0. The molecule has 0 radical (unpaired) electrons. The summed E-state index contributed by atoms with van der Waals surface area (Å²) in [5.74, 6) is -1.05. The predicted octanol–water partition coefficient (Wildman–Crippen LogP) is 2.66. The summed E-state index contributed by atoms with van der Waals surface area (Å²) in [4.78, 5) is 35.4. The largest absolute Gasteiger partial charge is 0.456 e. The van der Waals surface area contributed by atoms with Crippen LogP contribution in [0.4, 0.5) is 0 Å². The zero-order valence-electron chi connectivity index (χ0n) is 14.8. The first-order valence-corrected chi connectivity index (χ1v) is 8.19. The van der Waals surface area contributed by atoms with Gasteiger partial charge in [0, 0.05) is 5.41 Å². The smallest absolute Gasteiger partial charge is 0.325 e. The topological polar surface area (TPSA) is 72.5 Å². The summed E-state index contributed by atoms with van der Waals surface area (Å²) in [5, 5.41) is 4.61. The zero-order chi connectivity index (χ0) is 18.4. The molecular formula is C20H23NO4. The summed E-state index contributed by atoms with van der Waals surface area (Å²) in [6.45, 7) is 4.75. The number of amides is 1. The first-order chi connectivity index (χ1) is 11.8.